The van der Waals surface area contributed by atoms with Crippen LogP contribution >= 0.6 is 15.9 Å². The molecule has 0 aliphatic heterocycles. The van der Waals surface area contributed by atoms with E-state index in [-0.39, 0.29) is 0 Å². The largest absolute Gasteiger partial charge is 0.0853 e. The fraction of sp³-hybridized carbons (Fsp3) is 1.00. The summed E-state index contributed by atoms with van der Waals surface area (Å²) >= 11 is 3.90. The molecule has 0 aromatic rings. The molecule has 0 spiro atoms. The number of halogens is 1. The third kappa shape index (κ3) is 3.14. The van der Waals surface area contributed by atoms with Crippen LogP contribution in [0.25, 0.3) is 0 Å². The predicted octanol–water partition coefficient (Wildman–Crippen LogP) is 4.27. The van der Waals surface area contributed by atoms with E-state index in [4.69, 9.17) is 0 Å². The highest BCUT2D eigenvalue weighted by atomic mass is 79.9. The van der Waals surface area contributed by atoms with Crippen molar-refractivity contribution in [3.63, 3.8) is 0 Å². The lowest BCUT2D eigenvalue weighted by Crippen LogP contribution is -2.23. The van der Waals surface area contributed by atoms with Crippen molar-refractivity contribution < 1.29 is 0 Å². The molecule has 1 saturated carbocycles. The minimum absolute atomic E-state index is 0.543. The van der Waals surface area contributed by atoms with Gasteiger partial charge >= 0.3 is 0 Å². The Hall–Kier alpha value is 0.480. The molecule has 11 heavy (non-hydrogen) atoms. The first-order valence-corrected chi connectivity index (χ1v) is 5.75. The standard InChI is InChI=1S/C10H19Br/c1-2-3-7-10(11)8-5-4-6-9-10/h2-9H2,1H3. The number of alkyl halides is 1. The van der Waals surface area contributed by atoms with Crippen molar-refractivity contribution in [3.05, 3.63) is 0 Å². The first-order chi connectivity index (χ1) is 5.27. The van der Waals surface area contributed by atoms with Gasteiger partial charge in [0.1, 0.15) is 0 Å². The molecule has 0 aromatic carbocycles. The van der Waals surface area contributed by atoms with Crippen LogP contribution in [0.3, 0.4) is 0 Å². The average Bonchev–Trinajstić information content (AvgIpc) is 2.03. The number of hydrogen-bond donors (Lipinski definition) is 0. The smallest absolute Gasteiger partial charge is 0.0258 e. The van der Waals surface area contributed by atoms with Gasteiger partial charge in [-0.15, -0.1) is 0 Å². The summed E-state index contributed by atoms with van der Waals surface area (Å²) in [6, 6.07) is 0. The highest BCUT2D eigenvalue weighted by Gasteiger charge is 2.27. The normalized spacial score (nSPS) is 23.5. The zero-order valence-electron chi connectivity index (χ0n) is 7.53. The van der Waals surface area contributed by atoms with E-state index < -0.39 is 0 Å². The summed E-state index contributed by atoms with van der Waals surface area (Å²) in [6.07, 6.45) is 11.3. The van der Waals surface area contributed by atoms with Gasteiger partial charge in [0.2, 0.25) is 0 Å². The molecule has 1 fully saturated rings. The quantitative estimate of drug-likeness (QED) is 0.621. The molecule has 1 heteroatoms. The minimum atomic E-state index is 0.543. The van der Waals surface area contributed by atoms with Crippen molar-refractivity contribution in [2.24, 2.45) is 0 Å². The van der Waals surface area contributed by atoms with E-state index in [1.54, 1.807) is 0 Å². The van der Waals surface area contributed by atoms with Crippen molar-refractivity contribution in [2.45, 2.75) is 62.6 Å². The molecule has 0 saturated heterocycles. The first-order valence-electron chi connectivity index (χ1n) is 4.96. The average molecular weight is 219 g/mol. The Balaban J connectivity index is 2.25. The van der Waals surface area contributed by atoms with Crippen molar-refractivity contribution in [3.8, 4) is 0 Å². The van der Waals surface area contributed by atoms with Gasteiger partial charge in [0, 0.05) is 4.32 Å². The van der Waals surface area contributed by atoms with Crippen molar-refractivity contribution >= 4 is 15.9 Å². The third-order valence-corrected chi connectivity index (χ3v) is 3.92. The van der Waals surface area contributed by atoms with Gasteiger partial charge in [0.15, 0.2) is 0 Å². The highest BCUT2D eigenvalue weighted by Crippen LogP contribution is 2.39. The Bertz CT molecular complexity index is 103. The van der Waals surface area contributed by atoms with Crippen molar-refractivity contribution in [1.29, 1.82) is 0 Å². The van der Waals surface area contributed by atoms with Crippen molar-refractivity contribution in [2.75, 3.05) is 0 Å². The van der Waals surface area contributed by atoms with Crippen LogP contribution in [0.15, 0.2) is 0 Å². The van der Waals surface area contributed by atoms with Crippen molar-refractivity contribution in [1.82, 2.24) is 0 Å². The zero-order valence-corrected chi connectivity index (χ0v) is 9.12. The minimum Gasteiger partial charge on any atom is -0.0853 e. The maximum Gasteiger partial charge on any atom is 0.0258 e. The van der Waals surface area contributed by atoms with Gasteiger partial charge in [0.05, 0.1) is 0 Å². The summed E-state index contributed by atoms with van der Waals surface area (Å²) in [6.45, 7) is 2.28. The predicted molar refractivity (Wildman–Crippen MR) is 54.3 cm³/mol. The van der Waals surface area contributed by atoms with E-state index in [1.165, 1.54) is 51.4 Å². The van der Waals surface area contributed by atoms with Crippen LogP contribution in [0, 0.1) is 0 Å². The van der Waals surface area contributed by atoms with E-state index in [1.807, 2.05) is 0 Å². The van der Waals surface area contributed by atoms with Gasteiger partial charge < -0.3 is 0 Å². The maximum atomic E-state index is 3.90. The Morgan fingerprint density at radius 2 is 1.82 bits per heavy atom. The molecule has 0 aromatic heterocycles. The molecule has 0 N–H and O–H groups in total. The molecule has 0 amide bonds. The second kappa shape index (κ2) is 4.49. The first kappa shape index (κ1) is 9.57. The Morgan fingerprint density at radius 3 is 2.36 bits per heavy atom. The van der Waals surface area contributed by atoms with Gasteiger partial charge in [0.25, 0.3) is 0 Å². The monoisotopic (exact) mass is 218 g/mol. The Labute approximate surface area is 78.9 Å². The van der Waals surface area contributed by atoms with Crippen LogP contribution in [-0.2, 0) is 0 Å². The molecule has 1 aliphatic carbocycles. The summed E-state index contributed by atoms with van der Waals surface area (Å²) in [7, 11) is 0. The summed E-state index contributed by atoms with van der Waals surface area (Å²) in [5, 5.41) is 0. The summed E-state index contributed by atoms with van der Waals surface area (Å²) < 4.78 is 0.543. The highest BCUT2D eigenvalue weighted by molar-refractivity contribution is 9.10. The Morgan fingerprint density at radius 1 is 1.18 bits per heavy atom. The van der Waals surface area contributed by atoms with E-state index in [0.717, 1.165) is 0 Å². The summed E-state index contributed by atoms with van der Waals surface area (Å²) in [5.41, 5.74) is 0. The van der Waals surface area contributed by atoms with Gasteiger partial charge in [-0.05, 0) is 19.3 Å². The molecule has 66 valence electrons. The number of rotatable bonds is 3. The van der Waals surface area contributed by atoms with Crippen LogP contribution in [0.4, 0.5) is 0 Å². The van der Waals surface area contributed by atoms with Crippen LogP contribution in [0.5, 0.6) is 0 Å². The van der Waals surface area contributed by atoms with Crippen LogP contribution in [-0.4, -0.2) is 4.32 Å². The van der Waals surface area contributed by atoms with E-state index in [0.29, 0.717) is 4.32 Å². The molecule has 0 bridgehead atoms. The second-order valence-corrected chi connectivity index (χ2v) is 5.50. The van der Waals surface area contributed by atoms with E-state index in [9.17, 15) is 0 Å². The number of unbranched alkanes of at least 4 members (excludes halogenated alkanes) is 1. The summed E-state index contributed by atoms with van der Waals surface area (Å²) in [4.78, 5) is 0. The zero-order chi connectivity index (χ0) is 8.16. The lowest BCUT2D eigenvalue weighted by atomic mass is 9.85. The molecule has 0 radical (unpaired) electrons. The molecule has 0 unspecified atom stereocenters. The van der Waals surface area contributed by atoms with E-state index >= 15 is 0 Å². The fourth-order valence-corrected chi connectivity index (χ4v) is 2.77. The number of hydrogen-bond acceptors (Lipinski definition) is 0. The van der Waals surface area contributed by atoms with Gasteiger partial charge in [-0.2, -0.15) is 0 Å². The molecule has 1 rings (SSSR count). The SMILES string of the molecule is CCCCC1(Br)CCCCC1. The molecule has 0 nitrogen and oxygen atoms in total. The molecular formula is C10H19Br. The van der Waals surface area contributed by atoms with Crippen LogP contribution in [0.1, 0.15) is 58.3 Å². The maximum absolute atomic E-state index is 3.90. The Kier molecular flexibility index (Phi) is 3.91. The lowest BCUT2D eigenvalue weighted by molar-refractivity contribution is 0.377. The van der Waals surface area contributed by atoms with Gasteiger partial charge in [-0.1, -0.05) is 55.0 Å². The molecule has 1 aliphatic rings. The van der Waals surface area contributed by atoms with Gasteiger partial charge in [-0.25, -0.2) is 0 Å². The van der Waals surface area contributed by atoms with Crippen LogP contribution in [0.2, 0.25) is 0 Å². The lowest BCUT2D eigenvalue weighted by Gasteiger charge is -2.31. The summed E-state index contributed by atoms with van der Waals surface area (Å²) in [5.74, 6) is 0. The molecule has 0 atom stereocenters. The second-order valence-electron chi connectivity index (χ2n) is 3.82. The molecule has 0 heterocycles. The topological polar surface area (TPSA) is 0 Å². The van der Waals surface area contributed by atoms with Crippen LogP contribution < -0.4 is 0 Å². The fourth-order valence-electron chi connectivity index (χ4n) is 1.93. The van der Waals surface area contributed by atoms with E-state index in [2.05, 4.69) is 22.9 Å². The third-order valence-electron chi connectivity index (χ3n) is 2.73. The van der Waals surface area contributed by atoms with Gasteiger partial charge in [-0.3, -0.25) is 0 Å². The molecular weight excluding hydrogens is 200 g/mol.